The van der Waals surface area contributed by atoms with Crippen LogP contribution >= 0.6 is 0 Å². The second-order valence-electron chi connectivity index (χ2n) is 7.78. The van der Waals surface area contributed by atoms with E-state index in [2.05, 4.69) is 10.3 Å². The molecule has 30 heavy (non-hydrogen) atoms. The molecular weight excluding hydrogens is 400 g/mol. The topological polar surface area (TPSA) is 59.1 Å². The molecule has 1 aromatic carbocycles. The van der Waals surface area contributed by atoms with Crippen LogP contribution in [0, 0.1) is 32.5 Å². The SMILES string of the molecule is Cc1cc(C)c(C2C(=O)CC(CCNc3ncc(C(F)(F)F)cc3F)C2=O)c(C)c1. The van der Waals surface area contributed by atoms with Crippen LogP contribution in [0.25, 0.3) is 0 Å². The Morgan fingerprint density at radius 1 is 1.10 bits per heavy atom. The molecule has 1 heterocycles. The zero-order valence-corrected chi connectivity index (χ0v) is 16.9. The number of hydrogen-bond donors (Lipinski definition) is 1. The maximum atomic E-state index is 13.9. The van der Waals surface area contributed by atoms with Gasteiger partial charge in [0.25, 0.3) is 0 Å². The van der Waals surface area contributed by atoms with Crippen LogP contribution in [-0.2, 0) is 15.8 Å². The van der Waals surface area contributed by atoms with Gasteiger partial charge in [-0.05, 0) is 49.9 Å². The highest BCUT2D eigenvalue weighted by atomic mass is 19.4. The van der Waals surface area contributed by atoms with E-state index in [9.17, 15) is 27.2 Å². The Balaban J connectivity index is 1.67. The van der Waals surface area contributed by atoms with Gasteiger partial charge in [-0.2, -0.15) is 13.2 Å². The third-order valence-corrected chi connectivity index (χ3v) is 5.44. The Morgan fingerprint density at radius 2 is 1.73 bits per heavy atom. The number of carbonyl (C=O) groups is 2. The van der Waals surface area contributed by atoms with E-state index in [0.29, 0.717) is 12.3 Å². The van der Waals surface area contributed by atoms with E-state index in [1.54, 1.807) is 0 Å². The molecule has 1 aliphatic rings. The smallest absolute Gasteiger partial charge is 0.368 e. The highest BCUT2D eigenvalue weighted by Gasteiger charge is 2.42. The van der Waals surface area contributed by atoms with E-state index in [1.807, 2.05) is 32.9 Å². The molecule has 0 bridgehead atoms. The summed E-state index contributed by atoms with van der Waals surface area (Å²) < 4.78 is 51.7. The summed E-state index contributed by atoms with van der Waals surface area (Å²) >= 11 is 0. The zero-order valence-electron chi connectivity index (χ0n) is 16.9. The second-order valence-corrected chi connectivity index (χ2v) is 7.78. The molecule has 1 aliphatic carbocycles. The lowest BCUT2D eigenvalue weighted by Crippen LogP contribution is -2.19. The molecule has 1 fully saturated rings. The largest absolute Gasteiger partial charge is 0.417 e. The zero-order chi connectivity index (χ0) is 22.2. The van der Waals surface area contributed by atoms with E-state index in [1.165, 1.54) is 0 Å². The molecule has 2 unspecified atom stereocenters. The fraction of sp³-hybridized carbons (Fsp3) is 0.409. The molecular formula is C22H22F4N2O2. The van der Waals surface area contributed by atoms with Gasteiger partial charge in [0.05, 0.1) is 5.56 Å². The number of carbonyl (C=O) groups excluding carboxylic acids is 2. The average molecular weight is 422 g/mol. The lowest BCUT2D eigenvalue weighted by molar-refractivity contribution is -0.138. The van der Waals surface area contributed by atoms with Crippen molar-refractivity contribution in [2.45, 2.75) is 45.7 Å². The minimum Gasteiger partial charge on any atom is -0.368 e. The minimum atomic E-state index is -4.68. The van der Waals surface area contributed by atoms with Crippen molar-refractivity contribution in [1.29, 1.82) is 0 Å². The van der Waals surface area contributed by atoms with E-state index in [4.69, 9.17) is 0 Å². The molecule has 1 saturated carbocycles. The van der Waals surface area contributed by atoms with Gasteiger partial charge >= 0.3 is 6.18 Å². The Kier molecular flexibility index (Phi) is 5.97. The number of ketones is 2. The molecule has 1 N–H and O–H groups in total. The summed E-state index contributed by atoms with van der Waals surface area (Å²) in [5, 5.41) is 2.62. The number of hydrogen-bond acceptors (Lipinski definition) is 4. The molecule has 3 rings (SSSR count). The van der Waals surface area contributed by atoms with Crippen molar-refractivity contribution in [2.24, 2.45) is 5.92 Å². The van der Waals surface area contributed by atoms with Crippen LogP contribution in [-0.4, -0.2) is 23.1 Å². The first-order chi connectivity index (χ1) is 14.0. The van der Waals surface area contributed by atoms with Gasteiger partial charge in [-0.25, -0.2) is 9.37 Å². The van der Waals surface area contributed by atoms with Crippen molar-refractivity contribution >= 4 is 17.4 Å². The second kappa shape index (κ2) is 8.16. The number of anilines is 1. The number of benzene rings is 1. The van der Waals surface area contributed by atoms with E-state index in [0.717, 1.165) is 22.3 Å². The molecule has 0 aliphatic heterocycles. The molecule has 0 radical (unpaired) electrons. The van der Waals surface area contributed by atoms with Gasteiger partial charge in [-0.3, -0.25) is 9.59 Å². The Bertz CT molecular complexity index is 978. The minimum absolute atomic E-state index is 0.0981. The fourth-order valence-electron chi connectivity index (χ4n) is 4.14. The van der Waals surface area contributed by atoms with Gasteiger partial charge in [-0.1, -0.05) is 17.7 Å². The fourth-order valence-corrected chi connectivity index (χ4v) is 4.14. The predicted molar refractivity (Wildman–Crippen MR) is 104 cm³/mol. The van der Waals surface area contributed by atoms with Crippen LogP contribution < -0.4 is 5.32 Å². The first-order valence-electron chi connectivity index (χ1n) is 9.60. The van der Waals surface area contributed by atoms with E-state index < -0.39 is 29.4 Å². The normalized spacial score (nSPS) is 19.4. The predicted octanol–water partition coefficient (Wildman–Crippen LogP) is 4.91. The molecule has 0 saturated heterocycles. The molecule has 8 heteroatoms. The summed E-state index contributed by atoms with van der Waals surface area (Å²) in [5.41, 5.74) is 2.43. The van der Waals surface area contributed by atoms with Crippen molar-refractivity contribution in [3.63, 3.8) is 0 Å². The number of Topliss-reactive ketones (excluding diaryl/α,β-unsaturated/α-hetero) is 2. The van der Waals surface area contributed by atoms with Gasteiger partial charge in [0.15, 0.2) is 17.4 Å². The Labute approximate surface area is 171 Å². The van der Waals surface area contributed by atoms with Gasteiger partial charge in [-0.15, -0.1) is 0 Å². The van der Waals surface area contributed by atoms with Gasteiger partial charge in [0, 0.05) is 25.1 Å². The highest BCUT2D eigenvalue weighted by molar-refractivity contribution is 6.15. The van der Waals surface area contributed by atoms with E-state index >= 15 is 0 Å². The van der Waals surface area contributed by atoms with Crippen LogP contribution in [0.5, 0.6) is 0 Å². The number of rotatable bonds is 5. The summed E-state index contributed by atoms with van der Waals surface area (Å²) in [6.07, 6.45) is -3.77. The van der Waals surface area contributed by atoms with Crippen LogP contribution in [0.15, 0.2) is 24.4 Å². The molecule has 2 aromatic rings. The maximum absolute atomic E-state index is 13.9. The molecule has 2 atom stereocenters. The van der Waals surface area contributed by atoms with E-state index in [-0.39, 0.29) is 36.8 Å². The standard InChI is InChI=1S/C22H22F4N2O2/c1-11-6-12(2)18(13(3)7-11)19-17(29)8-14(20(19)30)4-5-27-21-16(23)9-15(10-28-21)22(24,25)26/h6-7,9-10,14,19H,4-5,8H2,1-3H3,(H,27,28). The van der Waals surface area contributed by atoms with Gasteiger partial charge in [0.1, 0.15) is 11.7 Å². The summed E-state index contributed by atoms with van der Waals surface area (Å²) in [6.45, 7) is 5.82. The number of pyridine rings is 1. The third kappa shape index (κ3) is 4.37. The summed E-state index contributed by atoms with van der Waals surface area (Å²) in [6, 6.07) is 4.26. The summed E-state index contributed by atoms with van der Waals surface area (Å²) in [4.78, 5) is 29.0. The summed E-state index contributed by atoms with van der Waals surface area (Å²) in [5.74, 6) is -3.07. The number of aryl methyl sites for hydroxylation is 3. The van der Waals surface area contributed by atoms with Crippen molar-refractivity contribution in [1.82, 2.24) is 4.98 Å². The number of nitrogens with one attached hydrogen (secondary N) is 1. The molecule has 0 spiro atoms. The molecule has 0 amide bonds. The number of alkyl halides is 3. The lowest BCUT2D eigenvalue weighted by atomic mass is 9.86. The third-order valence-electron chi connectivity index (χ3n) is 5.44. The Morgan fingerprint density at radius 3 is 2.30 bits per heavy atom. The number of nitrogens with zero attached hydrogens (tertiary/aromatic N) is 1. The number of halogens is 4. The molecule has 160 valence electrons. The summed E-state index contributed by atoms with van der Waals surface area (Å²) in [7, 11) is 0. The highest BCUT2D eigenvalue weighted by Crippen LogP contribution is 2.37. The van der Waals surface area contributed by atoms with Crippen LogP contribution in [0.4, 0.5) is 23.4 Å². The quantitative estimate of drug-likeness (QED) is 0.550. The van der Waals surface area contributed by atoms with Gasteiger partial charge in [0.2, 0.25) is 0 Å². The molecule has 4 nitrogen and oxygen atoms in total. The average Bonchev–Trinajstić information content (AvgIpc) is 2.89. The van der Waals surface area contributed by atoms with Crippen LogP contribution in [0.1, 0.15) is 46.6 Å². The van der Waals surface area contributed by atoms with Crippen LogP contribution in [0.3, 0.4) is 0 Å². The van der Waals surface area contributed by atoms with Crippen molar-refractivity contribution in [3.8, 4) is 0 Å². The number of aromatic nitrogens is 1. The first-order valence-corrected chi connectivity index (χ1v) is 9.60. The maximum Gasteiger partial charge on any atom is 0.417 e. The van der Waals surface area contributed by atoms with Crippen molar-refractivity contribution in [2.75, 3.05) is 11.9 Å². The van der Waals surface area contributed by atoms with Gasteiger partial charge < -0.3 is 5.32 Å². The van der Waals surface area contributed by atoms with Crippen molar-refractivity contribution in [3.05, 3.63) is 58.0 Å². The monoisotopic (exact) mass is 422 g/mol. The molecule has 1 aromatic heterocycles. The first kappa shape index (κ1) is 21.9. The Hall–Kier alpha value is -2.77. The van der Waals surface area contributed by atoms with Crippen LogP contribution in [0.2, 0.25) is 0 Å². The van der Waals surface area contributed by atoms with Crippen molar-refractivity contribution < 1.29 is 27.2 Å². The lowest BCUT2D eigenvalue weighted by Gasteiger charge is -2.16.